The molecule has 1 rings (SSSR count). The average Bonchev–Trinajstić information content (AvgIpc) is 2.28. The van der Waals surface area contributed by atoms with Gasteiger partial charge < -0.3 is 4.74 Å². The molecule has 0 aliphatic carbocycles. The summed E-state index contributed by atoms with van der Waals surface area (Å²) in [6.45, 7) is 11.7. The largest absolute Gasteiger partial charge is 0.443 e. The molecule has 4 nitrogen and oxygen atoms in total. The first-order chi connectivity index (χ1) is 8.37. The van der Waals surface area contributed by atoms with Crippen LogP contribution in [0.1, 0.15) is 33.4 Å². The van der Waals surface area contributed by atoms with Gasteiger partial charge >= 0.3 is 6.09 Å². The van der Waals surface area contributed by atoms with Gasteiger partial charge in [-0.15, -0.1) is 0 Å². The zero-order chi connectivity index (χ0) is 13.8. The van der Waals surface area contributed by atoms with Gasteiger partial charge in [0.2, 0.25) is 0 Å². The summed E-state index contributed by atoms with van der Waals surface area (Å²) >= 11 is 0. The molecule has 1 aromatic heterocycles. The highest BCUT2D eigenvalue weighted by atomic mass is 16.6. The molecule has 0 aliphatic rings. The first-order valence-electron chi connectivity index (χ1n) is 6.13. The zero-order valence-corrected chi connectivity index (χ0v) is 11.6. The van der Waals surface area contributed by atoms with Crippen LogP contribution in [0.2, 0.25) is 0 Å². The Balaban J connectivity index is 2.91. The van der Waals surface area contributed by atoms with Crippen LogP contribution < -0.4 is 4.90 Å². The number of pyridine rings is 1. The molecule has 0 fully saturated rings. The third kappa shape index (κ3) is 4.02. The van der Waals surface area contributed by atoms with Crippen LogP contribution in [0.3, 0.4) is 0 Å². The average molecular weight is 249 g/mol. The molecular formula is C14H21N2O2. The van der Waals surface area contributed by atoms with Crippen molar-refractivity contribution in [2.75, 3.05) is 11.4 Å². The van der Waals surface area contributed by atoms with Crippen molar-refractivity contribution in [3.63, 3.8) is 0 Å². The van der Waals surface area contributed by atoms with E-state index in [9.17, 15) is 4.79 Å². The molecule has 1 heterocycles. The molecule has 1 aromatic rings. The fourth-order valence-electron chi connectivity index (χ4n) is 1.46. The Morgan fingerprint density at radius 1 is 1.44 bits per heavy atom. The van der Waals surface area contributed by atoms with Crippen molar-refractivity contribution in [2.45, 2.75) is 39.7 Å². The van der Waals surface area contributed by atoms with Crippen LogP contribution in [0.5, 0.6) is 0 Å². The number of carbonyl (C=O) groups is 1. The van der Waals surface area contributed by atoms with E-state index in [1.165, 1.54) is 4.90 Å². The van der Waals surface area contributed by atoms with Gasteiger partial charge in [0, 0.05) is 12.2 Å². The Morgan fingerprint density at radius 3 is 2.61 bits per heavy atom. The zero-order valence-electron chi connectivity index (χ0n) is 11.6. The van der Waals surface area contributed by atoms with E-state index in [4.69, 9.17) is 4.74 Å². The second-order valence-electron chi connectivity index (χ2n) is 4.96. The van der Waals surface area contributed by atoms with Gasteiger partial charge in [0.25, 0.3) is 0 Å². The van der Waals surface area contributed by atoms with Crippen LogP contribution in [0.4, 0.5) is 10.6 Å². The molecule has 0 saturated heterocycles. The summed E-state index contributed by atoms with van der Waals surface area (Å²) in [6.07, 6.45) is 0.221. The summed E-state index contributed by atoms with van der Waals surface area (Å²) in [5.41, 5.74) is 0.350. The number of aromatic nitrogens is 1. The lowest BCUT2D eigenvalue weighted by Gasteiger charge is -2.26. The topological polar surface area (TPSA) is 42.4 Å². The van der Waals surface area contributed by atoms with Gasteiger partial charge in [-0.1, -0.05) is 6.07 Å². The van der Waals surface area contributed by atoms with E-state index in [0.29, 0.717) is 18.8 Å². The van der Waals surface area contributed by atoms with Gasteiger partial charge in [0.15, 0.2) is 0 Å². The minimum atomic E-state index is -0.506. The second-order valence-corrected chi connectivity index (χ2v) is 4.96. The number of rotatable bonds is 3. The van der Waals surface area contributed by atoms with Gasteiger partial charge in [-0.3, -0.25) is 4.90 Å². The van der Waals surface area contributed by atoms with E-state index in [0.717, 1.165) is 5.69 Å². The molecule has 0 atom stereocenters. The predicted molar refractivity (Wildman–Crippen MR) is 72.6 cm³/mol. The molecule has 0 aliphatic heterocycles. The summed E-state index contributed by atoms with van der Waals surface area (Å²) in [6, 6.07) is 5.56. The Bertz CT molecular complexity index is 411. The third-order valence-electron chi connectivity index (χ3n) is 2.25. The van der Waals surface area contributed by atoms with E-state index in [1.54, 1.807) is 6.07 Å². The van der Waals surface area contributed by atoms with Crippen molar-refractivity contribution in [1.29, 1.82) is 0 Å². The third-order valence-corrected chi connectivity index (χ3v) is 2.25. The van der Waals surface area contributed by atoms with E-state index >= 15 is 0 Å². The Kier molecular flexibility index (Phi) is 4.70. The van der Waals surface area contributed by atoms with Crippen molar-refractivity contribution < 1.29 is 9.53 Å². The first-order valence-corrected chi connectivity index (χ1v) is 6.13. The fourth-order valence-corrected chi connectivity index (χ4v) is 1.46. The number of anilines is 1. The van der Waals surface area contributed by atoms with Crippen molar-refractivity contribution in [2.24, 2.45) is 0 Å². The standard InChI is InChI=1S/C14H21N2O2/c1-6-11-9-8-10-12(15-11)16(7-2)13(17)18-14(3,4)5/h8-10H,1,6-7H2,2-5H3. The Hall–Kier alpha value is -1.58. The monoisotopic (exact) mass is 249 g/mol. The molecule has 1 radical (unpaired) electrons. The number of hydrogen-bond acceptors (Lipinski definition) is 3. The molecule has 0 saturated carbocycles. The van der Waals surface area contributed by atoms with Crippen LogP contribution in [0.25, 0.3) is 0 Å². The van der Waals surface area contributed by atoms with Gasteiger partial charge in [0.1, 0.15) is 11.4 Å². The maximum atomic E-state index is 12.0. The molecule has 4 heteroatoms. The van der Waals surface area contributed by atoms with Crippen LogP contribution >= 0.6 is 0 Å². The lowest BCUT2D eigenvalue weighted by atomic mass is 10.2. The number of hydrogen-bond donors (Lipinski definition) is 0. The summed E-state index contributed by atoms with van der Waals surface area (Å²) in [7, 11) is 0. The summed E-state index contributed by atoms with van der Waals surface area (Å²) in [5, 5.41) is 0. The first kappa shape index (κ1) is 14.5. The maximum Gasteiger partial charge on any atom is 0.415 e. The van der Waals surface area contributed by atoms with Crippen molar-refractivity contribution >= 4 is 11.9 Å². The van der Waals surface area contributed by atoms with E-state index in [-0.39, 0.29) is 6.09 Å². The van der Waals surface area contributed by atoms with E-state index < -0.39 is 5.60 Å². The molecule has 0 aromatic carbocycles. The van der Waals surface area contributed by atoms with Gasteiger partial charge in [0.05, 0.1) is 0 Å². The van der Waals surface area contributed by atoms with Crippen LogP contribution in [0, 0.1) is 6.92 Å². The van der Waals surface area contributed by atoms with Crippen molar-refractivity contribution in [3.05, 3.63) is 30.8 Å². The SMILES string of the molecule is [CH2]Cc1cccc(N(CC)C(=O)OC(C)(C)C)n1. The molecule has 99 valence electrons. The highest BCUT2D eigenvalue weighted by molar-refractivity contribution is 5.86. The van der Waals surface area contributed by atoms with E-state index in [1.807, 2.05) is 39.8 Å². The molecule has 0 bridgehead atoms. The molecule has 0 unspecified atom stereocenters. The van der Waals surface area contributed by atoms with Crippen LogP contribution in [-0.2, 0) is 11.2 Å². The number of carbonyl (C=O) groups excluding carboxylic acids is 1. The van der Waals surface area contributed by atoms with Crippen LogP contribution in [-0.4, -0.2) is 23.2 Å². The summed E-state index contributed by atoms with van der Waals surface area (Å²) in [4.78, 5) is 17.9. The highest BCUT2D eigenvalue weighted by Crippen LogP contribution is 2.16. The fraction of sp³-hybridized carbons (Fsp3) is 0.500. The summed E-state index contributed by atoms with van der Waals surface area (Å²) in [5.74, 6) is 0.605. The summed E-state index contributed by atoms with van der Waals surface area (Å²) < 4.78 is 5.35. The van der Waals surface area contributed by atoms with Crippen molar-refractivity contribution in [1.82, 2.24) is 4.98 Å². The quantitative estimate of drug-likeness (QED) is 0.826. The lowest BCUT2D eigenvalue weighted by molar-refractivity contribution is 0.0581. The predicted octanol–water partition coefficient (Wildman–Crippen LogP) is 3.22. The maximum absolute atomic E-state index is 12.0. The van der Waals surface area contributed by atoms with Crippen LogP contribution in [0.15, 0.2) is 18.2 Å². The normalized spacial score (nSPS) is 11.2. The Morgan fingerprint density at radius 2 is 2.11 bits per heavy atom. The molecule has 0 N–H and O–H groups in total. The molecular weight excluding hydrogens is 228 g/mol. The molecule has 18 heavy (non-hydrogen) atoms. The van der Waals surface area contributed by atoms with Gasteiger partial charge in [-0.25, -0.2) is 9.78 Å². The van der Waals surface area contributed by atoms with Crippen molar-refractivity contribution in [3.8, 4) is 0 Å². The number of amides is 1. The smallest absolute Gasteiger partial charge is 0.415 e. The lowest BCUT2D eigenvalue weighted by Crippen LogP contribution is -2.37. The molecule has 1 amide bonds. The number of ether oxygens (including phenoxy) is 1. The van der Waals surface area contributed by atoms with Gasteiger partial charge in [-0.05, 0) is 53.2 Å². The Labute approximate surface area is 109 Å². The minimum Gasteiger partial charge on any atom is -0.443 e. The minimum absolute atomic E-state index is 0.376. The second kappa shape index (κ2) is 5.85. The molecule has 0 spiro atoms. The van der Waals surface area contributed by atoms with Gasteiger partial charge in [-0.2, -0.15) is 0 Å². The highest BCUT2D eigenvalue weighted by Gasteiger charge is 2.22. The van der Waals surface area contributed by atoms with E-state index in [2.05, 4.69) is 11.9 Å². The number of nitrogens with zero attached hydrogens (tertiary/aromatic N) is 2.